The number of rotatable bonds is 4. The molecule has 118 valence electrons. The molecule has 0 aliphatic rings. The summed E-state index contributed by atoms with van der Waals surface area (Å²) in [6.45, 7) is 0. The van der Waals surface area contributed by atoms with E-state index in [0.29, 0.717) is 0 Å². The highest BCUT2D eigenvalue weighted by Gasteiger charge is 2.14. The third kappa shape index (κ3) is 2.87. The molecule has 2 aromatic heterocycles. The largest absolute Gasteiger partial charge is 0.339 e. The molecule has 0 amide bonds. The molecule has 1 N–H and O–H groups in total. The van der Waals surface area contributed by atoms with Crippen LogP contribution in [0, 0.1) is 0 Å². The number of imidazole rings is 1. The van der Waals surface area contributed by atoms with Crippen molar-refractivity contribution in [2.24, 2.45) is 0 Å². The first kappa shape index (κ1) is 15.1. The summed E-state index contributed by atoms with van der Waals surface area (Å²) >= 11 is 2.37. The van der Waals surface area contributed by atoms with Gasteiger partial charge in [0.15, 0.2) is 5.65 Å². The lowest BCUT2D eigenvalue weighted by Gasteiger charge is -2.09. The first-order chi connectivity index (χ1) is 11.8. The zero-order valence-electron chi connectivity index (χ0n) is 12.9. The summed E-state index contributed by atoms with van der Waals surface area (Å²) in [7, 11) is 0. The quantitative estimate of drug-likeness (QED) is 0.366. The van der Waals surface area contributed by atoms with Gasteiger partial charge in [0, 0.05) is 28.1 Å². The molecular formula is C19H15IN4. The highest BCUT2D eigenvalue weighted by molar-refractivity contribution is 14.1. The standard InChI is InChI=1S/C19H15IN4/c20-12-14-6-8-15(9-7-14)18-19(22-16-4-2-1-3-5-16)24-11-10-21-13-17(24)23-18/h1-11,13,22H,12H2. The maximum atomic E-state index is 4.77. The van der Waals surface area contributed by atoms with E-state index in [0.717, 1.165) is 32.8 Å². The van der Waals surface area contributed by atoms with E-state index < -0.39 is 0 Å². The molecule has 5 heteroatoms. The van der Waals surface area contributed by atoms with Gasteiger partial charge in [-0.05, 0) is 17.7 Å². The Labute approximate surface area is 153 Å². The first-order valence-corrected chi connectivity index (χ1v) is 9.17. The minimum atomic E-state index is 0.823. The molecule has 0 unspecified atom stereocenters. The van der Waals surface area contributed by atoms with Crippen LogP contribution < -0.4 is 5.32 Å². The highest BCUT2D eigenvalue weighted by atomic mass is 127. The smallest absolute Gasteiger partial charge is 0.157 e. The van der Waals surface area contributed by atoms with Crippen LogP contribution in [-0.2, 0) is 4.43 Å². The molecule has 2 aromatic carbocycles. The zero-order valence-corrected chi connectivity index (χ0v) is 15.0. The van der Waals surface area contributed by atoms with Crippen molar-refractivity contribution >= 4 is 39.7 Å². The van der Waals surface area contributed by atoms with E-state index in [9.17, 15) is 0 Å². The van der Waals surface area contributed by atoms with Crippen LogP contribution in [0.3, 0.4) is 0 Å². The minimum absolute atomic E-state index is 0.823. The summed E-state index contributed by atoms with van der Waals surface area (Å²) in [5.74, 6) is 0.945. The Morgan fingerprint density at radius 1 is 1.00 bits per heavy atom. The summed E-state index contributed by atoms with van der Waals surface area (Å²) in [6, 6.07) is 18.7. The fourth-order valence-electron chi connectivity index (χ4n) is 2.64. The number of hydrogen-bond acceptors (Lipinski definition) is 3. The van der Waals surface area contributed by atoms with E-state index >= 15 is 0 Å². The van der Waals surface area contributed by atoms with E-state index in [-0.39, 0.29) is 0 Å². The summed E-state index contributed by atoms with van der Waals surface area (Å²) in [5, 5.41) is 3.49. The lowest BCUT2D eigenvalue weighted by Crippen LogP contribution is -1.96. The molecule has 0 fully saturated rings. The van der Waals surface area contributed by atoms with E-state index in [1.54, 1.807) is 12.4 Å². The Bertz CT molecular complexity index is 962. The average molecular weight is 426 g/mol. The van der Waals surface area contributed by atoms with Crippen molar-refractivity contribution in [3.63, 3.8) is 0 Å². The summed E-state index contributed by atoms with van der Waals surface area (Å²) in [6.07, 6.45) is 5.48. The lowest BCUT2D eigenvalue weighted by atomic mass is 10.1. The van der Waals surface area contributed by atoms with Crippen LogP contribution in [0.2, 0.25) is 0 Å². The SMILES string of the molecule is ICc1ccc(-c2nc3cnccn3c2Nc2ccccc2)cc1. The Morgan fingerprint density at radius 2 is 1.79 bits per heavy atom. The normalized spacial score (nSPS) is 10.9. The van der Waals surface area contributed by atoms with Gasteiger partial charge < -0.3 is 5.32 Å². The van der Waals surface area contributed by atoms with E-state index in [1.165, 1.54) is 5.56 Å². The van der Waals surface area contributed by atoms with Crippen LogP contribution >= 0.6 is 22.6 Å². The third-order valence-corrected chi connectivity index (χ3v) is 4.73. The molecule has 0 saturated carbocycles. The fourth-order valence-corrected chi connectivity index (χ4v) is 3.15. The first-order valence-electron chi connectivity index (χ1n) is 7.64. The average Bonchev–Trinajstić information content (AvgIpc) is 3.01. The highest BCUT2D eigenvalue weighted by Crippen LogP contribution is 2.31. The van der Waals surface area contributed by atoms with Gasteiger partial charge in [-0.1, -0.05) is 65.1 Å². The molecule has 0 aliphatic heterocycles. The van der Waals surface area contributed by atoms with Crippen molar-refractivity contribution in [3.8, 4) is 11.3 Å². The van der Waals surface area contributed by atoms with Crippen molar-refractivity contribution in [1.82, 2.24) is 14.4 Å². The number of aromatic nitrogens is 3. The molecule has 0 bridgehead atoms. The molecular weight excluding hydrogens is 411 g/mol. The van der Waals surface area contributed by atoms with Crippen molar-refractivity contribution in [3.05, 3.63) is 78.8 Å². The van der Waals surface area contributed by atoms with Crippen LogP contribution in [0.5, 0.6) is 0 Å². The predicted octanol–water partition coefficient (Wildman–Crippen LogP) is 5.07. The molecule has 0 saturated heterocycles. The Hall–Kier alpha value is -2.41. The predicted molar refractivity (Wildman–Crippen MR) is 106 cm³/mol. The van der Waals surface area contributed by atoms with Gasteiger partial charge in [0.1, 0.15) is 11.5 Å². The van der Waals surface area contributed by atoms with Gasteiger partial charge in [0.25, 0.3) is 0 Å². The second-order valence-corrected chi connectivity index (χ2v) is 6.20. The fraction of sp³-hybridized carbons (Fsp3) is 0.0526. The monoisotopic (exact) mass is 426 g/mol. The summed E-state index contributed by atoms with van der Waals surface area (Å²) < 4.78 is 3.03. The van der Waals surface area contributed by atoms with Gasteiger partial charge in [-0.25, -0.2) is 4.98 Å². The summed E-state index contributed by atoms with van der Waals surface area (Å²) in [5.41, 5.74) is 5.17. The second-order valence-electron chi connectivity index (χ2n) is 5.44. The van der Waals surface area contributed by atoms with Gasteiger partial charge in [-0.15, -0.1) is 0 Å². The minimum Gasteiger partial charge on any atom is -0.339 e. The number of nitrogens with one attached hydrogen (secondary N) is 1. The van der Waals surface area contributed by atoms with Gasteiger partial charge in [0.05, 0.1) is 6.20 Å². The molecule has 0 atom stereocenters. The molecule has 24 heavy (non-hydrogen) atoms. The number of halogens is 1. The van der Waals surface area contributed by atoms with Crippen LogP contribution in [0.4, 0.5) is 11.5 Å². The Balaban J connectivity index is 1.85. The van der Waals surface area contributed by atoms with Gasteiger partial charge in [0.2, 0.25) is 0 Å². The molecule has 4 aromatic rings. The summed E-state index contributed by atoms with van der Waals surface area (Å²) in [4.78, 5) is 8.95. The zero-order chi connectivity index (χ0) is 16.4. The number of fused-ring (bicyclic) bond motifs is 1. The van der Waals surface area contributed by atoms with Crippen molar-refractivity contribution in [2.75, 3.05) is 5.32 Å². The number of hydrogen-bond donors (Lipinski definition) is 1. The third-order valence-electron chi connectivity index (χ3n) is 3.85. The van der Waals surface area contributed by atoms with Crippen LogP contribution in [0.15, 0.2) is 73.2 Å². The van der Waals surface area contributed by atoms with Crippen molar-refractivity contribution in [1.29, 1.82) is 0 Å². The number of para-hydroxylation sites is 1. The molecule has 0 radical (unpaired) electrons. The number of alkyl halides is 1. The maximum Gasteiger partial charge on any atom is 0.157 e. The molecule has 0 aliphatic carbocycles. The number of nitrogens with zero attached hydrogens (tertiary/aromatic N) is 3. The van der Waals surface area contributed by atoms with Crippen LogP contribution in [0.1, 0.15) is 5.56 Å². The Kier molecular flexibility index (Phi) is 4.17. The maximum absolute atomic E-state index is 4.77. The van der Waals surface area contributed by atoms with Crippen LogP contribution in [-0.4, -0.2) is 14.4 Å². The molecule has 4 rings (SSSR count). The topological polar surface area (TPSA) is 42.2 Å². The van der Waals surface area contributed by atoms with Gasteiger partial charge in [-0.3, -0.25) is 9.38 Å². The van der Waals surface area contributed by atoms with Crippen LogP contribution in [0.25, 0.3) is 16.9 Å². The van der Waals surface area contributed by atoms with Crippen molar-refractivity contribution in [2.45, 2.75) is 4.43 Å². The molecule has 2 heterocycles. The van der Waals surface area contributed by atoms with E-state index in [4.69, 9.17) is 4.98 Å². The second kappa shape index (κ2) is 6.60. The Morgan fingerprint density at radius 3 is 2.54 bits per heavy atom. The van der Waals surface area contributed by atoms with Gasteiger partial charge >= 0.3 is 0 Å². The van der Waals surface area contributed by atoms with Gasteiger partial charge in [-0.2, -0.15) is 0 Å². The lowest BCUT2D eigenvalue weighted by molar-refractivity contribution is 1.13. The van der Waals surface area contributed by atoms with E-state index in [2.05, 4.69) is 57.2 Å². The van der Waals surface area contributed by atoms with E-state index in [1.807, 2.05) is 40.9 Å². The van der Waals surface area contributed by atoms with Crippen molar-refractivity contribution < 1.29 is 0 Å². The number of anilines is 2. The number of benzene rings is 2. The molecule has 4 nitrogen and oxygen atoms in total. The molecule has 0 spiro atoms.